The first-order chi connectivity index (χ1) is 9.47. The van der Waals surface area contributed by atoms with Gasteiger partial charge in [0.25, 0.3) is 0 Å². The summed E-state index contributed by atoms with van der Waals surface area (Å²) < 4.78 is 0. The molecular weight excluding hydrogens is 266 g/mol. The highest BCUT2D eigenvalue weighted by atomic mass is 32.1. The van der Waals surface area contributed by atoms with Gasteiger partial charge < -0.3 is 10.6 Å². The number of likely N-dealkylation sites (N-methyl/N-ethyl adjacent to an activating group) is 1. The molecule has 1 unspecified atom stereocenters. The molecule has 1 aromatic rings. The number of hydrogen-bond donors (Lipinski definition) is 1. The molecule has 1 heterocycles. The molecule has 1 aromatic carbocycles. The summed E-state index contributed by atoms with van der Waals surface area (Å²) >= 11 is 5.04. The molecule has 0 aliphatic carbocycles. The number of nitrogens with zero attached hydrogens (tertiary/aromatic N) is 2. The van der Waals surface area contributed by atoms with E-state index in [4.69, 9.17) is 18.0 Å². The Kier molecular flexibility index (Phi) is 5.13. The summed E-state index contributed by atoms with van der Waals surface area (Å²) in [6.07, 6.45) is 2.62. The summed E-state index contributed by atoms with van der Waals surface area (Å²) in [6.45, 7) is 5.52. The van der Waals surface area contributed by atoms with E-state index in [0.29, 0.717) is 11.0 Å². The predicted octanol–water partition coefficient (Wildman–Crippen LogP) is 2.16. The Morgan fingerprint density at radius 2 is 2.20 bits per heavy atom. The highest BCUT2D eigenvalue weighted by Gasteiger charge is 2.25. The van der Waals surface area contributed by atoms with Crippen LogP contribution in [0.4, 0.5) is 0 Å². The molecule has 1 aliphatic heterocycles. The van der Waals surface area contributed by atoms with Crippen LogP contribution in [0.1, 0.15) is 29.5 Å². The lowest BCUT2D eigenvalue weighted by Gasteiger charge is -2.27. The number of aryl methyl sites for hydroxylation is 1. The van der Waals surface area contributed by atoms with Crippen molar-refractivity contribution in [1.29, 1.82) is 0 Å². The molecule has 0 radical (unpaired) electrons. The molecule has 4 heteroatoms. The SMILES string of the molecule is Cc1cc(C(N)=S)ccc1CN1CCCC1CN(C)C. The first-order valence-corrected chi connectivity index (χ1v) is 7.66. The molecule has 110 valence electrons. The Hall–Kier alpha value is -0.970. The largest absolute Gasteiger partial charge is 0.389 e. The van der Waals surface area contributed by atoms with E-state index in [0.717, 1.165) is 18.7 Å². The van der Waals surface area contributed by atoms with Crippen molar-refractivity contribution in [3.8, 4) is 0 Å². The van der Waals surface area contributed by atoms with Crippen molar-refractivity contribution in [2.75, 3.05) is 27.2 Å². The number of likely N-dealkylation sites (tertiary alicyclic amines) is 1. The zero-order valence-corrected chi connectivity index (χ0v) is 13.5. The molecule has 1 aliphatic rings. The Labute approximate surface area is 127 Å². The maximum atomic E-state index is 5.69. The monoisotopic (exact) mass is 291 g/mol. The second-order valence-electron chi connectivity index (χ2n) is 6.03. The molecule has 1 atom stereocenters. The number of benzene rings is 1. The van der Waals surface area contributed by atoms with Crippen LogP contribution in [0, 0.1) is 6.92 Å². The minimum atomic E-state index is 0.478. The summed E-state index contributed by atoms with van der Waals surface area (Å²) in [4.78, 5) is 5.36. The highest BCUT2D eigenvalue weighted by molar-refractivity contribution is 7.80. The van der Waals surface area contributed by atoms with Gasteiger partial charge in [-0.3, -0.25) is 4.90 Å². The lowest BCUT2D eigenvalue weighted by Crippen LogP contribution is -2.37. The molecular formula is C16H25N3S. The second kappa shape index (κ2) is 6.66. The van der Waals surface area contributed by atoms with Gasteiger partial charge in [-0.05, 0) is 57.6 Å². The van der Waals surface area contributed by atoms with Crippen molar-refractivity contribution in [3.63, 3.8) is 0 Å². The first kappa shape index (κ1) is 15.4. The second-order valence-corrected chi connectivity index (χ2v) is 6.47. The topological polar surface area (TPSA) is 32.5 Å². The summed E-state index contributed by atoms with van der Waals surface area (Å²) in [7, 11) is 4.30. The molecule has 0 aromatic heterocycles. The van der Waals surface area contributed by atoms with Crippen LogP contribution < -0.4 is 5.73 Å². The van der Waals surface area contributed by atoms with Crippen LogP contribution in [0.3, 0.4) is 0 Å². The van der Waals surface area contributed by atoms with Gasteiger partial charge in [-0.1, -0.05) is 24.4 Å². The number of nitrogens with two attached hydrogens (primary N) is 1. The van der Waals surface area contributed by atoms with E-state index in [-0.39, 0.29) is 0 Å². The van der Waals surface area contributed by atoms with E-state index in [1.807, 2.05) is 6.07 Å². The van der Waals surface area contributed by atoms with Crippen molar-refractivity contribution in [2.45, 2.75) is 32.4 Å². The molecule has 3 nitrogen and oxygen atoms in total. The zero-order chi connectivity index (χ0) is 14.7. The first-order valence-electron chi connectivity index (χ1n) is 7.25. The van der Waals surface area contributed by atoms with Gasteiger partial charge in [0.05, 0.1) is 0 Å². The summed E-state index contributed by atoms with van der Waals surface area (Å²) in [5.74, 6) is 0. The van der Waals surface area contributed by atoms with Gasteiger partial charge in [-0.15, -0.1) is 0 Å². The Balaban J connectivity index is 2.07. The fourth-order valence-electron chi connectivity index (χ4n) is 2.98. The minimum absolute atomic E-state index is 0.478. The lowest BCUT2D eigenvalue weighted by atomic mass is 10.0. The van der Waals surface area contributed by atoms with Crippen LogP contribution in [0.5, 0.6) is 0 Å². The maximum absolute atomic E-state index is 5.69. The van der Waals surface area contributed by atoms with Gasteiger partial charge >= 0.3 is 0 Å². The molecule has 1 saturated heterocycles. The van der Waals surface area contributed by atoms with Crippen LogP contribution in [0.2, 0.25) is 0 Å². The van der Waals surface area contributed by atoms with Gasteiger partial charge in [0.2, 0.25) is 0 Å². The normalized spacial score (nSPS) is 19.7. The molecule has 0 spiro atoms. The molecule has 2 N–H and O–H groups in total. The number of thiocarbonyl (C=S) groups is 1. The lowest BCUT2D eigenvalue weighted by molar-refractivity contribution is 0.201. The number of rotatable bonds is 5. The van der Waals surface area contributed by atoms with E-state index in [1.54, 1.807) is 0 Å². The molecule has 20 heavy (non-hydrogen) atoms. The third-order valence-corrected chi connectivity index (χ3v) is 4.31. The van der Waals surface area contributed by atoms with Crippen molar-refractivity contribution < 1.29 is 0 Å². The van der Waals surface area contributed by atoms with Crippen molar-refractivity contribution in [3.05, 3.63) is 34.9 Å². The van der Waals surface area contributed by atoms with Crippen LogP contribution >= 0.6 is 12.2 Å². The van der Waals surface area contributed by atoms with Crippen molar-refractivity contribution in [2.24, 2.45) is 5.73 Å². The summed E-state index contributed by atoms with van der Waals surface area (Å²) in [5, 5.41) is 0. The van der Waals surface area contributed by atoms with Crippen LogP contribution in [-0.4, -0.2) is 48.0 Å². The van der Waals surface area contributed by atoms with E-state index < -0.39 is 0 Å². The van der Waals surface area contributed by atoms with E-state index in [2.05, 4.69) is 43.0 Å². The van der Waals surface area contributed by atoms with Crippen LogP contribution in [-0.2, 0) is 6.54 Å². The minimum Gasteiger partial charge on any atom is -0.389 e. The highest BCUT2D eigenvalue weighted by Crippen LogP contribution is 2.22. The Morgan fingerprint density at radius 3 is 2.80 bits per heavy atom. The average Bonchev–Trinajstić information content (AvgIpc) is 2.78. The fourth-order valence-corrected chi connectivity index (χ4v) is 3.10. The molecule has 1 fully saturated rings. The smallest absolute Gasteiger partial charge is 0.103 e. The van der Waals surface area contributed by atoms with Gasteiger partial charge in [-0.25, -0.2) is 0 Å². The fraction of sp³-hybridized carbons (Fsp3) is 0.562. The van der Waals surface area contributed by atoms with Crippen LogP contribution in [0.15, 0.2) is 18.2 Å². The third kappa shape index (κ3) is 3.78. The van der Waals surface area contributed by atoms with E-state index in [1.165, 1.54) is 30.5 Å². The standard InChI is InChI=1S/C16H25N3S/c1-12-9-13(16(17)20)6-7-14(12)10-19-8-4-5-15(19)11-18(2)3/h6-7,9,15H,4-5,8,10-11H2,1-3H3,(H2,17,20). The predicted molar refractivity (Wildman–Crippen MR) is 89.1 cm³/mol. The van der Waals surface area contributed by atoms with Gasteiger partial charge in [0.15, 0.2) is 0 Å². The maximum Gasteiger partial charge on any atom is 0.103 e. The van der Waals surface area contributed by atoms with E-state index in [9.17, 15) is 0 Å². The third-order valence-electron chi connectivity index (χ3n) is 4.08. The van der Waals surface area contributed by atoms with Crippen molar-refractivity contribution in [1.82, 2.24) is 9.80 Å². The molecule has 2 rings (SSSR count). The summed E-state index contributed by atoms with van der Waals surface area (Å²) in [5.41, 5.74) is 9.32. The average molecular weight is 291 g/mol. The van der Waals surface area contributed by atoms with Gasteiger partial charge in [-0.2, -0.15) is 0 Å². The summed E-state index contributed by atoms with van der Waals surface area (Å²) in [6, 6.07) is 7.00. The van der Waals surface area contributed by atoms with E-state index >= 15 is 0 Å². The quantitative estimate of drug-likeness (QED) is 0.843. The zero-order valence-electron chi connectivity index (χ0n) is 12.7. The Bertz CT molecular complexity index is 485. The van der Waals surface area contributed by atoms with Crippen molar-refractivity contribution >= 4 is 17.2 Å². The Morgan fingerprint density at radius 1 is 1.45 bits per heavy atom. The molecule has 0 saturated carbocycles. The number of hydrogen-bond acceptors (Lipinski definition) is 3. The molecule has 0 bridgehead atoms. The molecule has 0 amide bonds. The van der Waals surface area contributed by atoms with Gasteiger partial charge in [0.1, 0.15) is 4.99 Å². The van der Waals surface area contributed by atoms with Crippen LogP contribution in [0.25, 0.3) is 0 Å². The van der Waals surface area contributed by atoms with Gasteiger partial charge in [0, 0.05) is 24.7 Å².